The van der Waals surface area contributed by atoms with Crippen molar-refractivity contribution in [3.05, 3.63) is 50.1 Å². The average molecular weight is 351 g/mol. The number of fused-ring (bicyclic) bond motifs is 1. The highest BCUT2D eigenvalue weighted by atomic mass is 79.9. The van der Waals surface area contributed by atoms with Crippen molar-refractivity contribution in [1.29, 1.82) is 0 Å². The van der Waals surface area contributed by atoms with E-state index in [4.69, 9.17) is 0 Å². The predicted molar refractivity (Wildman–Crippen MR) is 82.3 cm³/mol. The second-order valence-corrected chi connectivity index (χ2v) is 6.34. The van der Waals surface area contributed by atoms with E-state index in [1.807, 2.05) is 17.5 Å². The number of carbonyl (C=O) groups is 2. The quantitative estimate of drug-likeness (QED) is 0.832. The molecule has 102 valence electrons. The molecule has 0 fully saturated rings. The first-order chi connectivity index (χ1) is 9.56. The third kappa shape index (κ3) is 2.25. The number of amides is 2. The summed E-state index contributed by atoms with van der Waals surface area (Å²) in [5.74, 6) is -0.663. The summed E-state index contributed by atoms with van der Waals surface area (Å²) in [5, 5.41) is 7.65. The Bertz CT molecular complexity index is 711. The number of nitrogens with one attached hydrogen (secondary N) is 2. The number of carbonyl (C=O) groups excluding carboxylic acids is 2. The van der Waals surface area contributed by atoms with Crippen molar-refractivity contribution >= 4 is 44.8 Å². The van der Waals surface area contributed by atoms with Crippen LogP contribution in [-0.4, -0.2) is 11.8 Å². The van der Waals surface area contributed by atoms with Gasteiger partial charge in [0.05, 0.1) is 17.2 Å². The summed E-state index contributed by atoms with van der Waals surface area (Å²) in [6.45, 7) is 2.05. The highest BCUT2D eigenvalue weighted by molar-refractivity contribution is 9.10. The molecule has 4 nitrogen and oxygen atoms in total. The number of benzene rings is 1. The zero-order valence-electron chi connectivity index (χ0n) is 10.6. The summed E-state index contributed by atoms with van der Waals surface area (Å²) in [6, 6.07) is 7.33. The number of halogens is 1. The van der Waals surface area contributed by atoms with Gasteiger partial charge in [0.15, 0.2) is 0 Å². The molecule has 1 aliphatic rings. The Kier molecular flexibility index (Phi) is 3.35. The van der Waals surface area contributed by atoms with Crippen LogP contribution in [0.2, 0.25) is 0 Å². The number of hydrogen-bond donors (Lipinski definition) is 2. The van der Waals surface area contributed by atoms with E-state index in [9.17, 15) is 9.59 Å². The summed E-state index contributed by atoms with van der Waals surface area (Å²) >= 11 is 5.17. The zero-order valence-corrected chi connectivity index (χ0v) is 13.0. The normalized spacial score (nSPS) is 14.9. The molecule has 0 spiro atoms. The van der Waals surface area contributed by atoms with Crippen LogP contribution >= 0.6 is 27.3 Å². The Morgan fingerprint density at radius 2 is 1.95 bits per heavy atom. The molecule has 20 heavy (non-hydrogen) atoms. The molecule has 1 aromatic carbocycles. The van der Waals surface area contributed by atoms with Gasteiger partial charge in [-0.2, -0.15) is 0 Å². The van der Waals surface area contributed by atoms with Crippen LogP contribution in [0.3, 0.4) is 0 Å². The largest absolute Gasteiger partial charge is 0.378 e. The molecule has 0 bridgehead atoms. The summed E-state index contributed by atoms with van der Waals surface area (Å²) in [6.07, 6.45) is 0. The zero-order chi connectivity index (χ0) is 14.3. The van der Waals surface area contributed by atoms with Crippen molar-refractivity contribution in [2.24, 2.45) is 0 Å². The van der Waals surface area contributed by atoms with Gasteiger partial charge < -0.3 is 5.32 Å². The maximum Gasteiger partial charge on any atom is 0.259 e. The number of imide groups is 1. The van der Waals surface area contributed by atoms with Gasteiger partial charge in [0.2, 0.25) is 0 Å². The highest BCUT2D eigenvalue weighted by Crippen LogP contribution is 2.31. The Labute approximate surface area is 128 Å². The van der Waals surface area contributed by atoms with E-state index in [2.05, 4.69) is 33.5 Å². The van der Waals surface area contributed by atoms with Crippen molar-refractivity contribution in [1.82, 2.24) is 5.32 Å². The molecule has 1 aliphatic heterocycles. The van der Waals surface area contributed by atoms with Crippen molar-refractivity contribution in [2.45, 2.75) is 13.0 Å². The predicted octanol–water partition coefficient (Wildman–Crippen LogP) is 3.57. The first-order valence-electron chi connectivity index (χ1n) is 6.05. The summed E-state index contributed by atoms with van der Waals surface area (Å²) < 4.78 is 1.07. The lowest BCUT2D eigenvalue weighted by Gasteiger charge is -2.15. The summed E-state index contributed by atoms with van der Waals surface area (Å²) in [5.41, 5.74) is 1.68. The summed E-state index contributed by atoms with van der Waals surface area (Å²) in [7, 11) is 0. The van der Waals surface area contributed by atoms with E-state index in [0.29, 0.717) is 11.1 Å². The molecule has 2 heterocycles. The minimum absolute atomic E-state index is 0.114. The first kappa shape index (κ1) is 13.3. The monoisotopic (exact) mass is 350 g/mol. The lowest BCUT2D eigenvalue weighted by molar-refractivity contribution is 0.0879. The molecular weight excluding hydrogens is 340 g/mol. The number of anilines is 1. The van der Waals surface area contributed by atoms with Crippen molar-refractivity contribution in [2.75, 3.05) is 5.32 Å². The number of rotatable bonds is 3. The number of thiophene rings is 1. The van der Waals surface area contributed by atoms with E-state index in [0.717, 1.165) is 10.2 Å². The Morgan fingerprint density at radius 1 is 1.20 bits per heavy atom. The van der Waals surface area contributed by atoms with Crippen LogP contribution in [0, 0.1) is 0 Å². The summed E-state index contributed by atoms with van der Waals surface area (Å²) in [4.78, 5) is 24.3. The fourth-order valence-corrected chi connectivity index (χ4v) is 3.91. The molecular formula is C14H11BrN2O2S. The lowest BCUT2D eigenvalue weighted by atomic mass is 10.1. The second-order valence-electron chi connectivity index (χ2n) is 4.54. The first-order valence-corrected chi connectivity index (χ1v) is 7.72. The van der Waals surface area contributed by atoms with E-state index in [-0.39, 0.29) is 17.9 Å². The molecule has 0 saturated heterocycles. The van der Waals surface area contributed by atoms with Crippen molar-refractivity contribution in [3.63, 3.8) is 0 Å². The van der Waals surface area contributed by atoms with Gasteiger partial charge in [0.25, 0.3) is 11.8 Å². The van der Waals surface area contributed by atoms with Crippen LogP contribution < -0.4 is 10.6 Å². The third-order valence-electron chi connectivity index (χ3n) is 3.16. The van der Waals surface area contributed by atoms with Gasteiger partial charge in [0, 0.05) is 15.0 Å². The molecule has 1 aromatic heterocycles. The van der Waals surface area contributed by atoms with Gasteiger partial charge in [-0.3, -0.25) is 14.9 Å². The molecule has 2 amide bonds. The molecule has 1 atom stereocenters. The van der Waals surface area contributed by atoms with E-state index >= 15 is 0 Å². The highest BCUT2D eigenvalue weighted by Gasteiger charge is 2.26. The van der Waals surface area contributed by atoms with Crippen LogP contribution in [0.15, 0.2) is 34.1 Å². The third-order valence-corrected chi connectivity index (χ3v) is 5.21. The Balaban J connectivity index is 1.86. The molecule has 2 aromatic rings. The molecule has 3 rings (SSSR count). The second kappa shape index (κ2) is 5.03. The average Bonchev–Trinajstić information content (AvgIpc) is 2.95. The maximum atomic E-state index is 11.6. The van der Waals surface area contributed by atoms with Crippen LogP contribution in [0.25, 0.3) is 0 Å². The maximum absolute atomic E-state index is 11.6. The lowest BCUT2D eigenvalue weighted by Crippen LogP contribution is -2.19. The van der Waals surface area contributed by atoms with Crippen molar-refractivity contribution < 1.29 is 9.59 Å². The topological polar surface area (TPSA) is 58.2 Å². The molecule has 2 N–H and O–H groups in total. The van der Waals surface area contributed by atoms with E-state index < -0.39 is 0 Å². The standard InChI is InChI=1S/C14H11BrN2O2S/c1-7(12-11(15)4-5-20-12)16-8-2-3-9-10(6-8)14(19)17-13(9)18/h2-7,16H,1H3,(H,17,18,19). The molecule has 0 aliphatic carbocycles. The van der Waals surface area contributed by atoms with Gasteiger partial charge in [0.1, 0.15) is 0 Å². The van der Waals surface area contributed by atoms with Crippen LogP contribution in [0.5, 0.6) is 0 Å². The smallest absolute Gasteiger partial charge is 0.259 e. The van der Waals surface area contributed by atoms with Crippen LogP contribution in [-0.2, 0) is 0 Å². The van der Waals surface area contributed by atoms with Crippen molar-refractivity contribution in [3.8, 4) is 0 Å². The van der Waals surface area contributed by atoms with Gasteiger partial charge in [-0.15, -0.1) is 11.3 Å². The minimum atomic E-state index is -0.335. The van der Waals surface area contributed by atoms with Gasteiger partial charge >= 0.3 is 0 Å². The Hall–Kier alpha value is -1.66. The molecule has 6 heteroatoms. The fraction of sp³-hybridized carbons (Fsp3) is 0.143. The van der Waals surface area contributed by atoms with E-state index in [1.54, 1.807) is 23.5 Å². The van der Waals surface area contributed by atoms with Gasteiger partial charge in [-0.05, 0) is 52.5 Å². The van der Waals surface area contributed by atoms with Gasteiger partial charge in [-0.1, -0.05) is 0 Å². The number of hydrogen-bond acceptors (Lipinski definition) is 4. The molecule has 1 unspecified atom stereocenters. The molecule has 0 radical (unpaired) electrons. The van der Waals surface area contributed by atoms with Gasteiger partial charge in [-0.25, -0.2) is 0 Å². The van der Waals surface area contributed by atoms with Crippen LogP contribution in [0.1, 0.15) is 38.6 Å². The van der Waals surface area contributed by atoms with Crippen LogP contribution in [0.4, 0.5) is 5.69 Å². The Morgan fingerprint density at radius 3 is 2.65 bits per heavy atom. The van der Waals surface area contributed by atoms with E-state index in [1.165, 1.54) is 4.88 Å². The fourth-order valence-electron chi connectivity index (χ4n) is 2.19. The SMILES string of the molecule is CC(Nc1ccc2c(c1)C(=O)NC2=O)c1sccc1Br. The minimum Gasteiger partial charge on any atom is -0.378 e. The molecule has 0 saturated carbocycles.